The predicted octanol–water partition coefficient (Wildman–Crippen LogP) is 2.65. The van der Waals surface area contributed by atoms with E-state index in [0.717, 1.165) is 24.2 Å². The SMILES string of the molecule is CCNCc1ccc(CS(=O)(=O)NC(C)C(C)(C)C)cc1. The molecular weight excluding hydrogens is 284 g/mol. The van der Waals surface area contributed by atoms with Crippen LogP contribution in [0.3, 0.4) is 0 Å². The Morgan fingerprint density at radius 1 is 1.10 bits per heavy atom. The maximum atomic E-state index is 12.2. The van der Waals surface area contributed by atoms with E-state index in [-0.39, 0.29) is 17.2 Å². The molecule has 0 aliphatic rings. The highest BCUT2D eigenvalue weighted by Gasteiger charge is 2.24. The van der Waals surface area contributed by atoms with Crippen molar-refractivity contribution in [1.29, 1.82) is 0 Å². The highest BCUT2D eigenvalue weighted by molar-refractivity contribution is 7.88. The Labute approximate surface area is 129 Å². The van der Waals surface area contributed by atoms with Crippen molar-refractivity contribution in [3.05, 3.63) is 35.4 Å². The zero-order chi connectivity index (χ0) is 16.1. The third-order valence-electron chi connectivity index (χ3n) is 3.61. The lowest BCUT2D eigenvalue weighted by Gasteiger charge is -2.27. The smallest absolute Gasteiger partial charge is 0.216 e. The van der Waals surface area contributed by atoms with E-state index >= 15 is 0 Å². The normalized spacial score (nSPS) is 14.1. The summed E-state index contributed by atoms with van der Waals surface area (Å²) in [6.07, 6.45) is 0. The minimum absolute atomic E-state index is 0.0227. The molecule has 0 bridgehead atoms. The lowest BCUT2D eigenvalue weighted by atomic mass is 9.89. The van der Waals surface area contributed by atoms with Gasteiger partial charge in [-0.3, -0.25) is 0 Å². The number of benzene rings is 1. The van der Waals surface area contributed by atoms with Crippen molar-refractivity contribution in [3.63, 3.8) is 0 Å². The van der Waals surface area contributed by atoms with E-state index in [2.05, 4.69) is 17.0 Å². The molecule has 1 atom stereocenters. The van der Waals surface area contributed by atoms with Gasteiger partial charge in [-0.25, -0.2) is 13.1 Å². The van der Waals surface area contributed by atoms with Crippen LogP contribution in [0, 0.1) is 5.41 Å². The quantitative estimate of drug-likeness (QED) is 0.814. The third-order valence-corrected chi connectivity index (χ3v) is 5.04. The average Bonchev–Trinajstić information content (AvgIpc) is 2.36. The summed E-state index contributed by atoms with van der Waals surface area (Å²) in [6.45, 7) is 11.8. The first-order valence-corrected chi connectivity index (χ1v) is 9.08. The van der Waals surface area contributed by atoms with Gasteiger partial charge in [-0.2, -0.15) is 0 Å². The molecule has 0 heterocycles. The first-order valence-electron chi connectivity index (χ1n) is 7.42. The van der Waals surface area contributed by atoms with Crippen molar-refractivity contribution < 1.29 is 8.42 Å². The fourth-order valence-corrected chi connectivity index (χ4v) is 3.34. The van der Waals surface area contributed by atoms with Gasteiger partial charge in [0.25, 0.3) is 0 Å². The van der Waals surface area contributed by atoms with Gasteiger partial charge >= 0.3 is 0 Å². The molecule has 5 heteroatoms. The van der Waals surface area contributed by atoms with Gasteiger partial charge in [-0.05, 0) is 30.0 Å². The van der Waals surface area contributed by atoms with Crippen molar-refractivity contribution in [2.75, 3.05) is 6.54 Å². The number of hydrogen-bond acceptors (Lipinski definition) is 3. The van der Waals surface area contributed by atoms with E-state index < -0.39 is 10.0 Å². The van der Waals surface area contributed by atoms with Crippen LogP contribution in [0.1, 0.15) is 45.7 Å². The molecule has 120 valence electrons. The summed E-state index contributed by atoms with van der Waals surface area (Å²) in [6, 6.07) is 7.61. The first kappa shape index (κ1) is 18.1. The van der Waals surface area contributed by atoms with Crippen molar-refractivity contribution in [2.45, 2.75) is 53.0 Å². The van der Waals surface area contributed by atoms with E-state index in [1.807, 2.05) is 52.0 Å². The lowest BCUT2D eigenvalue weighted by Crippen LogP contribution is -2.41. The largest absolute Gasteiger partial charge is 0.313 e. The van der Waals surface area contributed by atoms with Crippen molar-refractivity contribution in [2.24, 2.45) is 5.41 Å². The van der Waals surface area contributed by atoms with E-state index in [4.69, 9.17) is 0 Å². The zero-order valence-electron chi connectivity index (χ0n) is 13.7. The number of nitrogens with one attached hydrogen (secondary N) is 2. The highest BCUT2D eigenvalue weighted by atomic mass is 32.2. The topological polar surface area (TPSA) is 58.2 Å². The lowest BCUT2D eigenvalue weighted by molar-refractivity contribution is 0.317. The Bertz CT molecular complexity index is 530. The number of rotatable bonds is 7. The molecule has 1 unspecified atom stereocenters. The molecular formula is C16H28N2O2S. The van der Waals surface area contributed by atoms with Crippen LogP contribution in [-0.4, -0.2) is 21.0 Å². The van der Waals surface area contributed by atoms with Crippen molar-refractivity contribution >= 4 is 10.0 Å². The summed E-state index contributed by atoms with van der Waals surface area (Å²) in [5.74, 6) is 0.0227. The zero-order valence-corrected chi connectivity index (χ0v) is 14.5. The molecule has 1 aromatic carbocycles. The van der Waals surface area contributed by atoms with Crippen LogP contribution in [0.25, 0.3) is 0 Å². The highest BCUT2D eigenvalue weighted by Crippen LogP contribution is 2.20. The van der Waals surface area contributed by atoms with E-state index in [1.165, 1.54) is 0 Å². The average molecular weight is 312 g/mol. The molecule has 1 rings (SSSR count). The Morgan fingerprint density at radius 2 is 1.62 bits per heavy atom. The molecule has 0 saturated carbocycles. The first-order chi connectivity index (χ1) is 9.64. The molecule has 0 aliphatic carbocycles. The molecule has 0 fully saturated rings. The van der Waals surface area contributed by atoms with E-state index in [1.54, 1.807) is 0 Å². The van der Waals surface area contributed by atoms with E-state index in [0.29, 0.717) is 0 Å². The fourth-order valence-electron chi connectivity index (χ4n) is 1.73. The molecule has 2 N–H and O–H groups in total. The van der Waals surface area contributed by atoms with Gasteiger partial charge in [-0.1, -0.05) is 52.0 Å². The Morgan fingerprint density at radius 3 is 2.10 bits per heavy atom. The van der Waals surface area contributed by atoms with Gasteiger partial charge in [0.05, 0.1) is 5.75 Å². The van der Waals surface area contributed by atoms with Crippen molar-refractivity contribution in [1.82, 2.24) is 10.0 Å². The number of sulfonamides is 1. The molecule has 0 saturated heterocycles. The minimum atomic E-state index is -3.31. The second kappa shape index (κ2) is 7.38. The standard InChI is InChI=1S/C16H28N2O2S/c1-6-17-11-14-7-9-15(10-8-14)12-21(19,20)18-13(2)16(3,4)5/h7-10,13,17-18H,6,11-12H2,1-5H3. The Balaban J connectivity index is 2.67. The minimum Gasteiger partial charge on any atom is -0.313 e. The van der Waals surface area contributed by atoms with Gasteiger partial charge in [0, 0.05) is 12.6 Å². The fraction of sp³-hybridized carbons (Fsp3) is 0.625. The molecule has 0 aromatic heterocycles. The second-order valence-corrected chi connectivity index (χ2v) is 8.32. The van der Waals surface area contributed by atoms with Gasteiger partial charge < -0.3 is 5.32 Å². The molecule has 0 spiro atoms. The maximum absolute atomic E-state index is 12.2. The summed E-state index contributed by atoms with van der Waals surface area (Å²) in [4.78, 5) is 0. The summed E-state index contributed by atoms with van der Waals surface area (Å²) < 4.78 is 27.1. The van der Waals surface area contributed by atoms with Gasteiger partial charge in [0.1, 0.15) is 0 Å². The summed E-state index contributed by atoms with van der Waals surface area (Å²) >= 11 is 0. The molecule has 0 radical (unpaired) electrons. The molecule has 21 heavy (non-hydrogen) atoms. The van der Waals surface area contributed by atoms with Crippen LogP contribution in [-0.2, 0) is 22.3 Å². The van der Waals surface area contributed by atoms with Crippen LogP contribution in [0.5, 0.6) is 0 Å². The van der Waals surface area contributed by atoms with E-state index in [9.17, 15) is 8.42 Å². The van der Waals surface area contributed by atoms with Gasteiger partial charge in [0.2, 0.25) is 10.0 Å². The van der Waals surface area contributed by atoms with Gasteiger partial charge in [0.15, 0.2) is 0 Å². The monoisotopic (exact) mass is 312 g/mol. The van der Waals surface area contributed by atoms with Crippen LogP contribution >= 0.6 is 0 Å². The Kier molecular flexibility index (Phi) is 6.38. The summed E-state index contributed by atoms with van der Waals surface area (Å²) in [7, 11) is -3.31. The summed E-state index contributed by atoms with van der Waals surface area (Å²) in [5, 5.41) is 3.24. The predicted molar refractivity (Wildman–Crippen MR) is 88.5 cm³/mol. The van der Waals surface area contributed by atoms with Crippen LogP contribution < -0.4 is 10.0 Å². The molecule has 0 amide bonds. The van der Waals surface area contributed by atoms with Gasteiger partial charge in [-0.15, -0.1) is 0 Å². The second-order valence-electron chi connectivity index (χ2n) is 6.56. The molecule has 0 aliphatic heterocycles. The third kappa shape index (κ3) is 6.59. The molecule has 1 aromatic rings. The Hall–Kier alpha value is -0.910. The number of hydrogen-bond donors (Lipinski definition) is 2. The van der Waals surface area contributed by atoms with Crippen LogP contribution in [0.2, 0.25) is 0 Å². The van der Waals surface area contributed by atoms with Crippen LogP contribution in [0.15, 0.2) is 24.3 Å². The summed E-state index contributed by atoms with van der Waals surface area (Å²) in [5.41, 5.74) is 1.88. The maximum Gasteiger partial charge on any atom is 0.216 e. The molecule has 4 nitrogen and oxygen atoms in total. The van der Waals surface area contributed by atoms with Crippen LogP contribution in [0.4, 0.5) is 0 Å². The van der Waals surface area contributed by atoms with Crippen molar-refractivity contribution in [3.8, 4) is 0 Å².